The number of benzene rings is 2. The molecule has 3 nitrogen and oxygen atoms in total. The molecular weight excluding hydrogens is 316 g/mol. The second-order valence-electron chi connectivity index (χ2n) is 4.66. The van der Waals surface area contributed by atoms with Gasteiger partial charge in [0.15, 0.2) is 0 Å². The third-order valence-corrected chi connectivity index (χ3v) is 3.98. The molecule has 0 aromatic heterocycles. The standard InChI is InChI=1S/C16H15BrN2O/c1-20-12-5-2-10(3-6-12)16(18)14-9-19-15-7-4-11(17)8-13(14)15/h2-8,19H,9,18H2,1H3. The molecule has 0 bridgehead atoms. The molecule has 0 aliphatic carbocycles. The number of fused-ring (bicyclic) bond motifs is 1. The van der Waals surface area contributed by atoms with Crippen molar-refractivity contribution in [1.82, 2.24) is 0 Å². The smallest absolute Gasteiger partial charge is 0.118 e. The van der Waals surface area contributed by atoms with Gasteiger partial charge < -0.3 is 15.8 Å². The number of nitrogens with two attached hydrogens (primary N) is 1. The second kappa shape index (κ2) is 5.21. The highest BCUT2D eigenvalue weighted by atomic mass is 79.9. The number of hydrogen-bond donors (Lipinski definition) is 2. The fourth-order valence-corrected chi connectivity index (χ4v) is 2.75. The van der Waals surface area contributed by atoms with Crippen LogP contribution in [0, 0.1) is 0 Å². The number of nitrogens with one attached hydrogen (secondary N) is 1. The summed E-state index contributed by atoms with van der Waals surface area (Å²) in [6.07, 6.45) is 0. The fourth-order valence-electron chi connectivity index (χ4n) is 2.38. The first-order valence-electron chi connectivity index (χ1n) is 6.36. The molecule has 1 aliphatic rings. The molecule has 0 amide bonds. The maximum Gasteiger partial charge on any atom is 0.118 e. The third-order valence-electron chi connectivity index (χ3n) is 3.49. The molecule has 3 rings (SSSR count). The lowest BCUT2D eigenvalue weighted by Crippen LogP contribution is -2.03. The van der Waals surface area contributed by atoms with Crippen LogP contribution in [0.15, 0.2) is 46.9 Å². The van der Waals surface area contributed by atoms with Crippen LogP contribution in [0.4, 0.5) is 5.69 Å². The van der Waals surface area contributed by atoms with Crippen LogP contribution in [-0.4, -0.2) is 13.7 Å². The monoisotopic (exact) mass is 330 g/mol. The Morgan fingerprint density at radius 1 is 1.20 bits per heavy atom. The van der Waals surface area contributed by atoms with E-state index in [0.29, 0.717) is 0 Å². The van der Waals surface area contributed by atoms with Crippen molar-refractivity contribution in [2.24, 2.45) is 5.73 Å². The summed E-state index contributed by atoms with van der Waals surface area (Å²) in [5, 5.41) is 3.37. The van der Waals surface area contributed by atoms with Gasteiger partial charge in [0.1, 0.15) is 5.75 Å². The number of halogens is 1. The van der Waals surface area contributed by atoms with E-state index in [0.717, 1.165) is 44.9 Å². The predicted molar refractivity (Wildman–Crippen MR) is 86.6 cm³/mol. The van der Waals surface area contributed by atoms with Crippen LogP contribution < -0.4 is 15.8 Å². The molecule has 0 fully saturated rings. The van der Waals surface area contributed by atoms with Gasteiger partial charge in [-0.1, -0.05) is 15.9 Å². The molecule has 0 atom stereocenters. The highest BCUT2D eigenvalue weighted by Gasteiger charge is 2.19. The van der Waals surface area contributed by atoms with Gasteiger partial charge in [-0.25, -0.2) is 0 Å². The summed E-state index contributed by atoms with van der Waals surface area (Å²) in [4.78, 5) is 0. The first kappa shape index (κ1) is 13.1. The van der Waals surface area contributed by atoms with Crippen molar-refractivity contribution in [2.75, 3.05) is 19.0 Å². The Kier molecular flexibility index (Phi) is 3.40. The van der Waals surface area contributed by atoms with Gasteiger partial charge in [-0.05, 0) is 48.0 Å². The third kappa shape index (κ3) is 2.27. The van der Waals surface area contributed by atoms with Gasteiger partial charge in [-0.2, -0.15) is 0 Å². The maximum absolute atomic E-state index is 6.34. The van der Waals surface area contributed by atoms with Crippen LogP contribution in [0.5, 0.6) is 5.75 Å². The van der Waals surface area contributed by atoms with Crippen molar-refractivity contribution in [3.05, 3.63) is 58.1 Å². The van der Waals surface area contributed by atoms with Crippen molar-refractivity contribution in [1.29, 1.82) is 0 Å². The molecule has 0 unspecified atom stereocenters. The minimum atomic E-state index is 0.754. The number of anilines is 1. The Hall–Kier alpha value is -1.94. The molecule has 3 N–H and O–H groups in total. The Morgan fingerprint density at radius 3 is 2.65 bits per heavy atom. The van der Waals surface area contributed by atoms with E-state index in [4.69, 9.17) is 10.5 Å². The van der Waals surface area contributed by atoms with Gasteiger partial charge in [0, 0.05) is 33.5 Å². The summed E-state index contributed by atoms with van der Waals surface area (Å²) in [6, 6.07) is 14.0. The Balaban J connectivity index is 2.05. The summed E-state index contributed by atoms with van der Waals surface area (Å²) in [7, 11) is 1.66. The minimum absolute atomic E-state index is 0.754. The van der Waals surface area contributed by atoms with Crippen LogP contribution in [0.25, 0.3) is 11.3 Å². The predicted octanol–water partition coefficient (Wildman–Crippen LogP) is 3.71. The van der Waals surface area contributed by atoms with Crippen molar-refractivity contribution < 1.29 is 4.74 Å². The molecule has 0 saturated heterocycles. The van der Waals surface area contributed by atoms with Gasteiger partial charge in [0.25, 0.3) is 0 Å². The normalized spacial score (nSPS) is 15.5. The van der Waals surface area contributed by atoms with E-state index in [-0.39, 0.29) is 0 Å². The molecule has 102 valence electrons. The molecular formula is C16H15BrN2O. The van der Waals surface area contributed by atoms with Crippen LogP contribution in [0.3, 0.4) is 0 Å². The highest BCUT2D eigenvalue weighted by molar-refractivity contribution is 9.10. The highest BCUT2D eigenvalue weighted by Crippen LogP contribution is 2.36. The van der Waals surface area contributed by atoms with E-state index in [1.54, 1.807) is 7.11 Å². The van der Waals surface area contributed by atoms with Crippen molar-refractivity contribution in [3.63, 3.8) is 0 Å². The summed E-state index contributed by atoms with van der Waals surface area (Å²) in [5.74, 6) is 0.833. The van der Waals surface area contributed by atoms with E-state index in [1.807, 2.05) is 30.3 Å². The van der Waals surface area contributed by atoms with Crippen molar-refractivity contribution >= 4 is 32.9 Å². The van der Waals surface area contributed by atoms with Crippen LogP contribution in [0.2, 0.25) is 0 Å². The van der Waals surface area contributed by atoms with Gasteiger partial charge >= 0.3 is 0 Å². The van der Waals surface area contributed by atoms with Crippen LogP contribution in [0.1, 0.15) is 11.1 Å². The quantitative estimate of drug-likeness (QED) is 0.882. The zero-order valence-electron chi connectivity index (χ0n) is 11.1. The fraction of sp³-hybridized carbons (Fsp3) is 0.125. The molecule has 2 aromatic carbocycles. The SMILES string of the molecule is COc1ccc(C(N)=C2CNc3ccc(Br)cc32)cc1. The summed E-state index contributed by atoms with van der Waals surface area (Å²) >= 11 is 3.51. The molecule has 0 radical (unpaired) electrons. The lowest BCUT2D eigenvalue weighted by atomic mass is 10.0. The Morgan fingerprint density at radius 2 is 1.95 bits per heavy atom. The lowest BCUT2D eigenvalue weighted by Gasteiger charge is -2.08. The Bertz CT molecular complexity index is 677. The second-order valence-corrected chi connectivity index (χ2v) is 5.58. The summed E-state index contributed by atoms with van der Waals surface area (Å²) in [5.41, 5.74) is 11.6. The van der Waals surface area contributed by atoms with E-state index in [9.17, 15) is 0 Å². The zero-order chi connectivity index (χ0) is 14.1. The molecule has 0 spiro atoms. The van der Waals surface area contributed by atoms with Crippen LogP contribution in [-0.2, 0) is 0 Å². The van der Waals surface area contributed by atoms with Crippen molar-refractivity contribution in [3.8, 4) is 5.75 Å². The topological polar surface area (TPSA) is 47.3 Å². The van der Waals surface area contributed by atoms with E-state index >= 15 is 0 Å². The van der Waals surface area contributed by atoms with E-state index < -0.39 is 0 Å². The summed E-state index contributed by atoms with van der Waals surface area (Å²) < 4.78 is 6.23. The molecule has 20 heavy (non-hydrogen) atoms. The summed E-state index contributed by atoms with van der Waals surface area (Å²) in [6.45, 7) is 0.754. The lowest BCUT2D eigenvalue weighted by molar-refractivity contribution is 0.415. The first-order chi connectivity index (χ1) is 9.69. The van der Waals surface area contributed by atoms with Gasteiger partial charge in [-0.15, -0.1) is 0 Å². The molecule has 2 aromatic rings. The van der Waals surface area contributed by atoms with Crippen LogP contribution >= 0.6 is 15.9 Å². The van der Waals surface area contributed by atoms with Crippen molar-refractivity contribution in [2.45, 2.75) is 0 Å². The van der Waals surface area contributed by atoms with E-state index in [2.05, 4.69) is 33.4 Å². The average Bonchev–Trinajstić information content (AvgIpc) is 2.89. The number of ether oxygens (including phenoxy) is 1. The molecule has 1 aliphatic heterocycles. The van der Waals surface area contributed by atoms with E-state index in [1.165, 1.54) is 0 Å². The zero-order valence-corrected chi connectivity index (χ0v) is 12.7. The first-order valence-corrected chi connectivity index (χ1v) is 7.15. The number of hydrogen-bond acceptors (Lipinski definition) is 3. The Labute approximate surface area is 126 Å². The molecule has 0 saturated carbocycles. The number of rotatable bonds is 2. The molecule has 4 heteroatoms. The van der Waals surface area contributed by atoms with Gasteiger partial charge in [0.05, 0.1) is 7.11 Å². The average molecular weight is 331 g/mol. The maximum atomic E-state index is 6.34. The van der Waals surface area contributed by atoms with Gasteiger partial charge in [0.2, 0.25) is 0 Å². The number of methoxy groups -OCH3 is 1. The molecule has 1 heterocycles. The van der Waals surface area contributed by atoms with Gasteiger partial charge in [-0.3, -0.25) is 0 Å². The largest absolute Gasteiger partial charge is 0.497 e. The minimum Gasteiger partial charge on any atom is -0.497 e.